The van der Waals surface area contributed by atoms with Crippen LogP contribution < -0.4 is 5.73 Å². The fourth-order valence-electron chi connectivity index (χ4n) is 2.11. The second kappa shape index (κ2) is 4.15. The lowest BCUT2D eigenvalue weighted by atomic mass is 10.1. The summed E-state index contributed by atoms with van der Waals surface area (Å²) in [5, 5.41) is 1.18. The fraction of sp³-hybridized carbons (Fsp3) is 0.0625. The molecule has 0 aliphatic rings. The number of fused-ring (bicyclic) bond motifs is 1. The lowest BCUT2D eigenvalue weighted by molar-refractivity contribution is 1.36. The van der Waals surface area contributed by atoms with E-state index in [0.29, 0.717) is 0 Å². The van der Waals surface area contributed by atoms with Gasteiger partial charge >= 0.3 is 0 Å². The van der Waals surface area contributed by atoms with E-state index >= 15 is 0 Å². The normalized spacial score (nSPS) is 10.7. The number of aryl methyl sites for hydroxylation is 1. The first-order valence-corrected chi connectivity index (χ1v) is 5.96. The van der Waals surface area contributed by atoms with Crippen LogP contribution in [0.5, 0.6) is 0 Å². The molecule has 2 heteroatoms. The van der Waals surface area contributed by atoms with Crippen molar-refractivity contribution in [2.45, 2.75) is 6.92 Å². The maximum Gasteiger partial charge on any atom is 0.0738 e. The number of hydrogen-bond acceptors (Lipinski definition) is 2. The van der Waals surface area contributed by atoms with Crippen LogP contribution in [0.2, 0.25) is 0 Å². The summed E-state index contributed by atoms with van der Waals surface area (Å²) in [4.78, 5) is 4.73. The number of rotatable bonds is 1. The molecule has 18 heavy (non-hydrogen) atoms. The molecule has 88 valence electrons. The van der Waals surface area contributed by atoms with Crippen LogP contribution >= 0.6 is 0 Å². The van der Waals surface area contributed by atoms with Crippen molar-refractivity contribution in [3.8, 4) is 11.3 Å². The van der Waals surface area contributed by atoms with Gasteiger partial charge in [-0.3, -0.25) is 0 Å². The van der Waals surface area contributed by atoms with Gasteiger partial charge < -0.3 is 5.73 Å². The van der Waals surface area contributed by atoms with Crippen molar-refractivity contribution in [3.63, 3.8) is 0 Å². The highest BCUT2D eigenvalue weighted by atomic mass is 14.7. The number of nitrogen functional groups attached to an aromatic ring is 1. The van der Waals surface area contributed by atoms with E-state index in [4.69, 9.17) is 10.7 Å². The molecule has 0 saturated heterocycles. The molecule has 2 N–H and O–H groups in total. The van der Waals surface area contributed by atoms with Gasteiger partial charge in [0.1, 0.15) is 0 Å². The minimum atomic E-state index is 0.774. The number of pyridine rings is 1. The Bertz CT molecular complexity index is 700. The highest BCUT2D eigenvalue weighted by molar-refractivity contribution is 5.84. The van der Waals surface area contributed by atoms with Gasteiger partial charge in [0.2, 0.25) is 0 Å². The molecule has 0 fully saturated rings. The molecular formula is C16H14N2. The predicted octanol–water partition coefficient (Wildman–Crippen LogP) is 3.79. The Morgan fingerprint density at radius 2 is 1.67 bits per heavy atom. The van der Waals surface area contributed by atoms with Crippen LogP contribution in [0.3, 0.4) is 0 Å². The van der Waals surface area contributed by atoms with Crippen molar-refractivity contribution >= 4 is 16.6 Å². The van der Waals surface area contributed by atoms with Crippen molar-refractivity contribution in [1.82, 2.24) is 4.98 Å². The largest absolute Gasteiger partial charge is 0.399 e. The quantitative estimate of drug-likeness (QED) is 0.650. The molecule has 2 nitrogen and oxygen atoms in total. The molecule has 2 aromatic carbocycles. The SMILES string of the molecule is Cc1cccc2ccc(-c3ccc(N)cc3)nc12. The number of aromatic nitrogens is 1. The van der Waals surface area contributed by atoms with Gasteiger partial charge in [0.15, 0.2) is 0 Å². The fourth-order valence-corrected chi connectivity index (χ4v) is 2.11. The molecule has 3 aromatic rings. The van der Waals surface area contributed by atoms with Crippen LogP contribution in [0, 0.1) is 6.92 Å². The summed E-state index contributed by atoms with van der Waals surface area (Å²) in [6.07, 6.45) is 0. The van der Waals surface area contributed by atoms with Crippen LogP contribution in [-0.2, 0) is 0 Å². The van der Waals surface area contributed by atoms with Gasteiger partial charge in [-0.25, -0.2) is 4.98 Å². The predicted molar refractivity (Wildman–Crippen MR) is 76.3 cm³/mol. The zero-order valence-corrected chi connectivity index (χ0v) is 10.2. The molecule has 0 unspecified atom stereocenters. The third kappa shape index (κ3) is 1.82. The van der Waals surface area contributed by atoms with Gasteiger partial charge in [-0.15, -0.1) is 0 Å². The van der Waals surface area contributed by atoms with Crippen LogP contribution in [0.25, 0.3) is 22.2 Å². The first-order valence-electron chi connectivity index (χ1n) is 5.96. The summed E-state index contributed by atoms with van der Waals surface area (Å²) in [6, 6.07) is 18.2. The first kappa shape index (κ1) is 10.8. The van der Waals surface area contributed by atoms with Crippen molar-refractivity contribution < 1.29 is 0 Å². The standard InChI is InChI=1S/C16H14N2/c1-11-3-2-4-13-7-10-15(18-16(11)13)12-5-8-14(17)9-6-12/h2-10H,17H2,1H3. The van der Waals surface area contributed by atoms with Crippen LogP contribution in [0.4, 0.5) is 5.69 Å². The zero-order chi connectivity index (χ0) is 12.5. The summed E-state index contributed by atoms with van der Waals surface area (Å²) in [7, 11) is 0. The lowest BCUT2D eigenvalue weighted by Gasteiger charge is -2.05. The number of para-hydroxylation sites is 1. The Morgan fingerprint density at radius 1 is 0.889 bits per heavy atom. The molecule has 1 heterocycles. The average molecular weight is 234 g/mol. The third-order valence-corrected chi connectivity index (χ3v) is 3.13. The van der Waals surface area contributed by atoms with Crippen molar-refractivity contribution in [2.75, 3.05) is 5.73 Å². The second-order valence-corrected chi connectivity index (χ2v) is 4.47. The van der Waals surface area contributed by atoms with E-state index in [-0.39, 0.29) is 0 Å². The van der Waals surface area contributed by atoms with Gasteiger partial charge in [0, 0.05) is 16.6 Å². The highest BCUT2D eigenvalue weighted by Crippen LogP contribution is 2.23. The number of hydrogen-bond donors (Lipinski definition) is 1. The smallest absolute Gasteiger partial charge is 0.0738 e. The van der Waals surface area contributed by atoms with Crippen molar-refractivity contribution in [1.29, 1.82) is 0 Å². The Balaban J connectivity index is 2.18. The van der Waals surface area contributed by atoms with E-state index in [1.165, 1.54) is 10.9 Å². The van der Waals surface area contributed by atoms with E-state index in [0.717, 1.165) is 22.5 Å². The van der Waals surface area contributed by atoms with E-state index < -0.39 is 0 Å². The molecule has 0 radical (unpaired) electrons. The van der Waals surface area contributed by atoms with Gasteiger partial charge in [-0.05, 0) is 30.7 Å². The Morgan fingerprint density at radius 3 is 2.44 bits per heavy atom. The summed E-state index contributed by atoms with van der Waals surface area (Å²) < 4.78 is 0. The van der Waals surface area contributed by atoms with Gasteiger partial charge in [0.25, 0.3) is 0 Å². The Labute approximate surface area is 106 Å². The number of nitrogens with zero attached hydrogens (tertiary/aromatic N) is 1. The van der Waals surface area contributed by atoms with Crippen LogP contribution in [-0.4, -0.2) is 4.98 Å². The molecule has 0 aliphatic carbocycles. The maximum atomic E-state index is 5.70. The summed E-state index contributed by atoms with van der Waals surface area (Å²) >= 11 is 0. The van der Waals surface area contributed by atoms with Crippen LogP contribution in [0.1, 0.15) is 5.56 Å². The minimum Gasteiger partial charge on any atom is -0.399 e. The number of benzene rings is 2. The van der Waals surface area contributed by atoms with E-state index in [1.54, 1.807) is 0 Å². The molecular weight excluding hydrogens is 220 g/mol. The highest BCUT2D eigenvalue weighted by Gasteiger charge is 2.03. The van der Waals surface area contributed by atoms with Gasteiger partial charge in [-0.1, -0.05) is 36.4 Å². The molecule has 1 aromatic heterocycles. The minimum absolute atomic E-state index is 0.774. The van der Waals surface area contributed by atoms with E-state index in [1.807, 2.05) is 30.3 Å². The third-order valence-electron chi connectivity index (χ3n) is 3.13. The second-order valence-electron chi connectivity index (χ2n) is 4.47. The topological polar surface area (TPSA) is 38.9 Å². The van der Waals surface area contributed by atoms with Crippen molar-refractivity contribution in [3.05, 3.63) is 60.2 Å². The summed E-state index contributed by atoms with van der Waals surface area (Å²) in [5.74, 6) is 0. The lowest BCUT2D eigenvalue weighted by Crippen LogP contribution is -1.88. The molecule has 0 bridgehead atoms. The van der Waals surface area contributed by atoms with Gasteiger partial charge in [-0.2, -0.15) is 0 Å². The van der Waals surface area contributed by atoms with E-state index in [2.05, 4.69) is 31.2 Å². The summed E-state index contributed by atoms with van der Waals surface area (Å²) in [6.45, 7) is 2.09. The number of nitrogens with two attached hydrogens (primary N) is 1. The molecule has 0 atom stereocenters. The molecule has 0 saturated carbocycles. The van der Waals surface area contributed by atoms with E-state index in [9.17, 15) is 0 Å². The molecule has 0 amide bonds. The molecule has 0 spiro atoms. The maximum absolute atomic E-state index is 5.70. The monoisotopic (exact) mass is 234 g/mol. The molecule has 3 rings (SSSR count). The Hall–Kier alpha value is -2.35. The van der Waals surface area contributed by atoms with Gasteiger partial charge in [0.05, 0.1) is 11.2 Å². The number of anilines is 1. The summed E-state index contributed by atoms with van der Waals surface area (Å²) in [5.41, 5.74) is 10.8. The van der Waals surface area contributed by atoms with Crippen LogP contribution in [0.15, 0.2) is 54.6 Å². The zero-order valence-electron chi connectivity index (χ0n) is 10.2. The van der Waals surface area contributed by atoms with Crippen molar-refractivity contribution in [2.24, 2.45) is 0 Å². The molecule has 0 aliphatic heterocycles. The average Bonchev–Trinajstić information content (AvgIpc) is 2.40. The Kier molecular flexibility index (Phi) is 2.49. The first-order chi connectivity index (χ1) is 8.74.